The number of benzene rings is 2. The number of nitrogens with zero attached hydrogens (tertiary/aromatic N) is 3. The van der Waals surface area contributed by atoms with Crippen molar-refractivity contribution in [2.75, 3.05) is 0 Å². The first-order chi connectivity index (χ1) is 12.1. The van der Waals surface area contributed by atoms with Crippen LogP contribution in [0.2, 0.25) is 0 Å². The van der Waals surface area contributed by atoms with Gasteiger partial charge in [0.25, 0.3) is 0 Å². The number of fused-ring (bicyclic) bond motifs is 1. The Balaban J connectivity index is 1.83. The molecule has 2 aromatic heterocycles. The third kappa shape index (κ3) is 2.68. The lowest BCUT2D eigenvalue weighted by Gasteiger charge is -2.09. The van der Waals surface area contributed by atoms with Crippen LogP contribution in [0.4, 0.5) is 0 Å². The molecular weight excluding hydrogens is 310 g/mol. The van der Waals surface area contributed by atoms with Crippen LogP contribution in [0.15, 0.2) is 73.7 Å². The van der Waals surface area contributed by atoms with E-state index >= 15 is 0 Å². The van der Waals surface area contributed by atoms with Crippen molar-refractivity contribution in [1.82, 2.24) is 14.5 Å². The second kappa shape index (κ2) is 5.91. The first kappa shape index (κ1) is 15.1. The molecule has 25 heavy (non-hydrogen) atoms. The van der Waals surface area contributed by atoms with Gasteiger partial charge in [0, 0.05) is 17.4 Å². The van der Waals surface area contributed by atoms with Crippen LogP contribution in [0, 0.1) is 0 Å². The lowest BCUT2D eigenvalue weighted by atomic mass is 10.1. The summed E-state index contributed by atoms with van der Waals surface area (Å²) in [4.78, 5) is 8.47. The first-order valence-electron chi connectivity index (χ1n) is 8.01. The summed E-state index contributed by atoms with van der Waals surface area (Å²) in [5.41, 5.74) is 6.65. The van der Waals surface area contributed by atoms with Crippen molar-refractivity contribution >= 4 is 16.6 Å². The smallest absolute Gasteiger partial charge is 0.218 e. The summed E-state index contributed by atoms with van der Waals surface area (Å²) in [5, 5.41) is 10.0. The Bertz CT molecular complexity index is 1100. The van der Waals surface area contributed by atoms with Crippen molar-refractivity contribution in [1.29, 1.82) is 0 Å². The van der Waals surface area contributed by atoms with Crippen molar-refractivity contribution in [3.05, 3.63) is 79.3 Å². The number of imidazole rings is 1. The molecular formula is C21H17N3O. The SMILES string of the molecule is C=C(C)c1ccc2c(c1)ncn2-c1cccc(-c2cccnc2O)c1. The molecule has 0 aliphatic carbocycles. The van der Waals surface area contributed by atoms with Crippen molar-refractivity contribution in [2.45, 2.75) is 6.92 Å². The quantitative estimate of drug-likeness (QED) is 0.586. The lowest BCUT2D eigenvalue weighted by Crippen LogP contribution is -1.93. The first-order valence-corrected chi connectivity index (χ1v) is 8.01. The Labute approximate surface area is 145 Å². The zero-order chi connectivity index (χ0) is 17.4. The molecule has 0 saturated carbocycles. The minimum absolute atomic E-state index is 0.0289. The van der Waals surface area contributed by atoms with Gasteiger partial charge in [-0.3, -0.25) is 4.57 Å². The highest BCUT2D eigenvalue weighted by Crippen LogP contribution is 2.29. The van der Waals surface area contributed by atoms with E-state index in [2.05, 4.69) is 28.7 Å². The van der Waals surface area contributed by atoms with E-state index in [9.17, 15) is 5.11 Å². The van der Waals surface area contributed by atoms with Gasteiger partial charge in [-0.25, -0.2) is 9.97 Å². The topological polar surface area (TPSA) is 50.9 Å². The fourth-order valence-corrected chi connectivity index (χ4v) is 2.93. The molecule has 2 aromatic carbocycles. The molecule has 4 nitrogen and oxygen atoms in total. The third-order valence-electron chi connectivity index (χ3n) is 4.26. The maximum atomic E-state index is 10.0. The molecule has 4 rings (SSSR count). The van der Waals surface area contributed by atoms with Gasteiger partial charge in [0.1, 0.15) is 6.33 Å². The monoisotopic (exact) mass is 327 g/mol. The Morgan fingerprint density at radius 2 is 1.92 bits per heavy atom. The summed E-state index contributed by atoms with van der Waals surface area (Å²) < 4.78 is 2.04. The Morgan fingerprint density at radius 1 is 1.04 bits per heavy atom. The van der Waals surface area contributed by atoms with Crippen molar-refractivity contribution in [3.8, 4) is 22.7 Å². The Kier molecular flexibility index (Phi) is 3.58. The lowest BCUT2D eigenvalue weighted by molar-refractivity contribution is 0.455. The highest BCUT2D eigenvalue weighted by Gasteiger charge is 2.09. The predicted molar refractivity (Wildman–Crippen MR) is 101 cm³/mol. The predicted octanol–water partition coefficient (Wildman–Crippen LogP) is 4.83. The van der Waals surface area contributed by atoms with Gasteiger partial charge in [-0.05, 0) is 54.4 Å². The maximum Gasteiger partial charge on any atom is 0.218 e. The molecule has 4 aromatic rings. The van der Waals surface area contributed by atoms with E-state index in [4.69, 9.17) is 0 Å². The summed E-state index contributed by atoms with van der Waals surface area (Å²) in [6, 6.07) is 17.8. The molecule has 1 N–H and O–H groups in total. The van der Waals surface area contributed by atoms with Crippen LogP contribution in [0.25, 0.3) is 33.4 Å². The summed E-state index contributed by atoms with van der Waals surface area (Å²) in [6.07, 6.45) is 3.39. The minimum Gasteiger partial charge on any atom is -0.493 e. The second-order valence-electron chi connectivity index (χ2n) is 6.02. The van der Waals surface area contributed by atoms with Crippen LogP contribution in [0.3, 0.4) is 0 Å². The van der Waals surface area contributed by atoms with Gasteiger partial charge in [-0.15, -0.1) is 0 Å². The fraction of sp³-hybridized carbons (Fsp3) is 0.0476. The van der Waals surface area contributed by atoms with Gasteiger partial charge < -0.3 is 5.11 Å². The van der Waals surface area contributed by atoms with E-state index in [-0.39, 0.29) is 5.88 Å². The van der Waals surface area contributed by atoms with E-state index < -0.39 is 0 Å². The Hall–Kier alpha value is -3.40. The third-order valence-corrected chi connectivity index (χ3v) is 4.26. The molecule has 0 saturated heterocycles. The molecule has 122 valence electrons. The van der Waals surface area contributed by atoms with Crippen molar-refractivity contribution in [3.63, 3.8) is 0 Å². The molecule has 0 aliphatic heterocycles. The van der Waals surface area contributed by atoms with Gasteiger partial charge in [-0.2, -0.15) is 0 Å². The van der Waals surface area contributed by atoms with Gasteiger partial charge in [0.2, 0.25) is 5.88 Å². The second-order valence-corrected chi connectivity index (χ2v) is 6.02. The van der Waals surface area contributed by atoms with E-state index in [0.717, 1.165) is 33.4 Å². The largest absolute Gasteiger partial charge is 0.493 e. The average Bonchev–Trinajstić information content (AvgIpc) is 3.05. The molecule has 0 radical (unpaired) electrons. The van der Waals surface area contributed by atoms with Crippen molar-refractivity contribution < 1.29 is 5.11 Å². The van der Waals surface area contributed by atoms with Gasteiger partial charge >= 0.3 is 0 Å². The zero-order valence-corrected chi connectivity index (χ0v) is 13.8. The van der Waals surface area contributed by atoms with E-state index in [0.29, 0.717) is 5.56 Å². The summed E-state index contributed by atoms with van der Waals surface area (Å²) >= 11 is 0. The van der Waals surface area contributed by atoms with Gasteiger partial charge in [-0.1, -0.05) is 30.4 Å². The standard InChI is InChI=1S/C21H17N3O/c1-14(2)15-8-9-20-19(12-15)23-13-24(20)17-6-3-5-16(11-17)18-7-4-10-22-21(18)25/h3-13H,1H2,2H3,(H,22,25). The van der Waals surface area contributed by atoms with E-state index in [1.165, 1.54) is 0 Å². The van der Waals surface area contributed by atoms with Crippen LogP contribution in [0.1, 0.15) is 12.5 Å². The summed E-state index contributed by atoms with van der Waals surface area (Å²) in [7, 11) is 0. The number of aromatic hydroxyl groups is 1. The van der Waals surface area contributed by atoms with Gasteiger partial charge in [0.05, 0.1) is 11.0 Å². The van der Waals surface area contributed by atoms with E-state index in [1.807, 2.05) is 60.3 Å². The number of hydrogen-bond acceptors (Lipinski definition) is 3. The molecule has 0 aliphatic rings. The molecule has 4 heteroatoms. The van der Waals surface area contributed by atoms with Crippen LogP contribution >= 0.6 is 0 Å². The number of hydrogen-bond donors (Lipinski definition) is 1. The maximum absolute atomic E-state index is 10.0. The molecule has 0 atom stereocenters. The van der Waals surface area contributed by atoms with E-state index in [1.54, 1.807) is 6.20 Å². The number of aromatic nitrogens is 3. The minimum atomic E-state index is 0.0289. The number of allylic oxidation sites excluding steroid dienone is 1. The average molecular weight is 327 g/mol. The van der Waals surface area contributed by atoms with Gasteiger partial charge in [0.15, 0.2) is 0 Å². The fourth-order valence-electron chi connectivity index (χ4n) is 2.93. The highest BCUT2D eigenvalue weighted by atomic mass is 16.3. The molecule has 0 fully saturated rings. The molecule has 0 amide bonds. The highest BCUT2D eigenvalue weighted by molar-refractivity contribution is 5.82. The molecule has 2 heterocycles. The van der Waals surface area contributed by atoms with Crippen LogP contribution in [-0.2, 0) is 0 Å². The Morgan fingerprint density at radius 3 is 2.72 bits per heavy atom. The number of rotatable bonds is 3. The van der Waals surface area contributed by atoms with Crippen LogP contribution in [0.5, 0.6) is 5.88 Å². The zero-order valence-electron chi connectivity index (χ0n) is 13.8. The number of pyridine rings is 1. The normalized spacial score (nSPS) is 10.9. The van der Waals surface area contributed by atoms with Crippen molar-refractivity contribution in [2.24, 2.45) is 0 Å². The molecule has 0 bridgehead atoms. The molecule has 0 unspecified atom stereocenters. The van der Waals surface area contributed by atoms with Crippen LogP contribution < -0.4 is 0 Å². The van der Waals surface area contributed by atoms with Crippen LogP contribution in [-0.4, -0.2) is 19.6 Å². The summed E-state index contributed by atoms with van der Waals surface area (Å²) in [6.45, 7) is 5.97. The summed E-state index contributed by atoms with van der Waals surface area (Å²) in [5.74, 6) is 0.0289. The molecule has 0 spiro atoms.